The van der Waals surface area contributed by atoms with E-state index in [0.717, 1.165) is 11.8 Å². The molecule has 0 saturated carbocycles. The van der Waals surface area contributed by atoms with Crippen molar-refractivity contribution in [2.75, 3.05) is 12.4 Å². The van der Waals surface area contributed by atoms with E-state index in [0.29, 0.717) is 5.75 Å². The minimum Gasteiger partial charge on any atom is -0.480 e. The zero-order chi connectivity index (χ0) is 7.28. The van der Waals surface area contributed by atoms with E-state index in [1.165, 1.54) is 0 Å². The number of carboxylic acids is 1. The first kappa shape index (κ1) is 9.13. The van der Waals surface area contributed by atoms with Crippen LogP contribution >= 0.6 is 24.4 Å². The molecule has 0 rings (SSSR count). The Kier molecular flexibility index (Phi) is 5.03. The number of aliphatic hydroxyl groups is 1. The molecule has 0 saturated heterocycles. The Hall–Kier alpha value is 0.130. The van der Waals surface area contributed by atoms with Crippen molar-refractivity contribution in [1.82, 2.24) is 0 Å². The van der Waals surface area contributed by atoms with Crippen LogP contribution in [-0.2, 0) is 4.79 Å². The van der Waals surface area contributed by atoms with Gasteiger partial charge in [-0.3, -0.25) is 4.79 Å². The van der Waals surface area contributed by atoms with Crippen LogP contribution in [0.25, 0.3) is 0 Å². The maximum absolute atomic E-state index is 10.0. The Morgan fingerprint density at radius 2 is 2.33 bits per heavy atom. The van der Waals surface area contributed by atoms with Crippen LogP contribution in [0.4, 0.5) is 0 Å². The van der Waals surface area contributed by atoms with Gasteiger partial charge in [-0.05, 0) is 0 Å². The van der Waals surface area contributed by atoms with Crippen LogP contribution < -0.4 is 0 Å². The lowest BCUT2D eigenvalue weighted by Gasteiger charge is -2.01. The summed E-state index contributed by atoms with van der Waals surface area (Å²) < 4.78 is -0.711. The van der Waals surface area contributed by atoms with Gasteiger partial charge in [0, 0.05) is 5.75 Å². The van der Waals surface area contributed by atoms with Crippen molar-refractivity contribution in [2.45, 2.75) is 4.58 Å². The normalized spacial score (nSPS) is 13.1. The molecular formula is C4H8O3S2. The molecule has 0 aromatic heterocycles. The largest absolute Gasteiger partial charge is 0.480 e. The van der Waals surface area contributed by atoms with Crippen LogP contribution in [0.3, 0.4) is 0 Å². The first-order valence-electron chi connectivity index (χ1n) is 2.32. The lowest BCUT2D eigenvalue weighted by Crippen LogP contribution is -2.10. The van der Waals surface area contributed by atoms with Crippen molar-refractivity contribution in [3.05, 3.63) is 0 Å². The Bertz CT molecular complexity index is 95.8. The van der Waals surface area contributed by atoms with E-state index in [4.69, 9.17) is 10.2 Å². The molecule has 0 amide bonds. The molecule has 0 spiro atoms. The first-order valence-corrected chi connectivity index (χ1v) is 3.88. The SMILES string of the molecule is O=C(O)C(S)SCCO. The van der Waals surface area contributed by atoms with E-state index in [1.807, 2.05) is 0 Å². The molecule has 3 nitrogen and oxygen atoms in total. The summed E-state index contributed by atoms with van der Waals surface area (Å²) in [5.41, 5.74) is 0. The molecule has 54 valence electrons. The van der Waals surface area contributed by atoms with E-state index in [1.54, 1.807) is 0 Å². The zero-order valence-electron chi connectivity index (χ0n) is 4.65. The van der Waals surface area contributed by atoms with Gasteiger partial charge in [0.1, 0.15) is 4.58 Å². The van der Waals surface area contributed by atoms with Gasteiger partial charge in [0.2, 0.25) is 0 Å². The molecule has 0 fully saturated rings. The van der Waals surface area contributed by atoms with E-state index in [-0.39, 0.29) is 6.61 Å². The highest BCUT2D eigenvalue weighted by molar-refractivity contribution is 8.11. The number of aliphatic hydroxyl groups excluding tert-OH is 1. The third kappa shape index (κ3) is 4.62. The highest BCUT2D eigenvalue weighted by Gasteiger charge is 2.10. The fraction of sp³-hybridized carbons (Fsp3) is 0.750. The number of aliphatic carboxylic acids is 1. The lowest BCUT2D eigenvalue weighted by molar-refractivity contribution is -0.134. The third-order valence-corrected chi connectivity index (χ3v) is 2.18. The highest BCUT2D eigenvalue weighted by atomic mass is 32.2. The Labute approximate surface area is 62.9 Å². The van der Waals surface area contributed by atoms with Crippen LogP contribution in [0.15, 0.2) is 0 Å². The second kappa shape index (κ2) is 4.96. The minimum atomic E-state index is -0.961. The number of rotatable bonds is 4. The molecule has 0 aliphatic heterocycles. The average Bonchev–Trinajstić information content (AvgIpc) is 1.82. The van der Waals surface area contributed by atoms with Gasteiger partial charge in [0.05, 0.1) is 6.61 Å². The number of hydrogen-bond acceptors (Lipinski definition) is 4. The van der Waals surface area contributed by atoms with Gasteiger partial charge in [0.15, 0.2) is 0 Å². The van der Waals surface area contributed by atoms with Gasteiger partial charge >= 0.3 is 5.97 Å². The van der Waals surface area contributed by atoms with E-state index >= 15 is 0 Å². The van der Waals surface area contributed by atoms with Gasteiger partial charge in [-0.1, -0.05) is 0 Å². The fourth-order valence-electron chi connectivity index (χ4n) is 0.236. The third-order valence-electron chi connectivity index (χ3n) is 0.578. The van der Waals surface area contributed by atoms with Gasteiger partial charge in [-0.25, -0.2) is 0 Å². The van der Waals surface area contributed by atoms with Crippen molar-refractivity contribution >= 4 is 30.4 Å². The van der Waals surface area contributed by atoms with E-state index in [9.17, 15) is 4.79 Å². The second-order valence-electron chi connectivity index (χ2n) is 1.28. The number of carboxylic acid groups (broad SMARTS) is 1. The lowest BCUT2D eigenvalue weighted by atomic mass is 10.8. The van der Waals surface area contributed by atoms with E-state index < -0.39 is 10.6 Å². The van der Waals surface area contributed by atoms with Gasteiger partial charge < -0.3 is 10.2 Å². The Morgan fingerprint density at radius 1 is 1.78 bits per heavy atom. The molecular weight excluding hydrogens is 160 g/mol. The molecule has 1 unspecified atom stereocenters. The summed E-state index contributed by atoms with van der Waals surface area (Å²) in [6, 6.07) is 0. The molecule has 0 aliphatic carbocycles. The molecule has 0 bridgehead atoms. The molecule has 1 atom stereocenters. The highest BCUT2D eigenvalue weighted by Crippen LogP contribution is 2.13. The van der Waals surface area contributed by atoms with Crippen LogP contribution in [0, 0.1) is 0 Å². The summed E-state index contributed by atoms with van der Waals surface area (Å²) in [5.74, 6) is -0.544. The second-order valence-corrected chi connectivity index (χ2v) is 3.36. The molecule has 0 aromatic rings. The van der Waals surface area contributed by atoms with Crippen molar-refractivity contribution < 1.29 is 15.0 Å². The number of thioether (sulfide) groups is 1. The molecule has 0 aliphatic rings. The van der Waals surface area contributed by atoms with Crippen molar-refractivity contribution in [2.24, 2.45) is 0 Å². The van der Waals surface area contributed by atoms with Crippen LogP contribution in [0.2, 0.25) is 0 Å². The number of hydrogen-bond donors (Lipinski definition) is 3. The summed E-state index contributed by atoms with van der Waals surface area (Å²) in [7, 11) is 0. The summed E-state index contributed by atoms with van der Waals surface area (Å²) in [4.78, 5) is 10.0. The maximum Gasteiger partial charge on any atom is 0.326 e. The van der Waals surface area contributed by atoms with Crippen molar-refractivity contribution in [3.8, 4) is 0 Å². The molecule has 0 aromatic carbocycles. The van der Waals surface area contributed by atoms with E-state index in [2.05, 4.69) is 12.6 Å². The maximum atomic E-state index is 10.0. The van der Waals surface area contributed by atoms with Crippen LogP contribution in [0.5, 0.6) is 0 Å². The topological polar surface area (TPSA) is 57.5 Å². The molecule has 2 N–H and O–H groups in total. The fourth-order valence-corrected chi connectivity index (χ4v) is 1.02. The number of carbonyl (C=O) groups is 1. The summed E-state index contributed by atoms with van der Waals surface area (Å²) in [6.07, 6.45) is 0. The molecule has 9 heavy (non-hydrogen) atoms. The zero-order valence-corrected chi connectivity index (χ0v) is 6.36. The quantitative estimate of drug-likeness (QED) is 0.410. The number of thiol groups is 1. The van der Waals surface area contributed by atoms with Crippen molar-refractivity contribution in [3.63, 3.8) is 0 Å². The average molecular weight is 168 g/mol. The first-order chi connectivity index (χ1) is 4.18. The van der Waals surface area contributed by atoms with Crippen molar-refractivity contribution in [1.29, 1.82) is 0 Å². The smallest absolute Gasteiger partial charge is 0.326 e. The molecule has 5 heteroatoms. The van der Waals surface area contributed by atoms with Crippen LogP contribution in [0.1, 0.15) is 0 Å². The predicted molar refractivity (Wildman–Crippen MR) is 40.0 cm³/mol. The Balaban J connectivity index is 3.27. The van der Waals surface area contributed by atoms with Gasteiger partial charge in [-0.2, -0.15) is 12.6 Å². The van der Waals surface area contributed by atoms with Crippen LogP contribution in [-0.4, -0.2) is 33.1 Å². The summed E-state index contributed by atoms with van der Waals surface area (Å²) >= 11 is 4.81. The monoisotopic (exact) mass is 168 g/mol. The summed E-state index contributed by atoms with van der Waals surface area (Å²) in [5, 5.41) is 16.5. The Morgan fingerprint density at radius 3 is 2.67 bits per heavy atom. The van der Waals surface area contributed by atoms with Gasteiger partial charge in [-0.15, -0.1) is 11.8 Å². The van der Waals surface area contributed by atoms with Gasteiger partial charge in [0.25, 0.3) is 0 Å². The molecule has 0 radical (unpaired) electrons. The predicted octanol–water partition coefficient (Wildman–Crippen LogP) is 0.0524. The standard InChI is InChI=1S/C4H8O3S2/c5-1-2-9-4(8)3(6)7/h4-5,8H,1-2H2,(H,6,7). The minimum absolute atomic E-state index is 0.00495. The summed E-state index contributed by atoms with van der Waals surface area (Å²) in [6.45, 7) is -0.00495. The molecule has 0 heterocycles.